The summed E-state index contributed by atoms with van der Waals surface area (Å²) in [5, 5.41) is 9.63. The van der Waals surface area contributed by atoms with E-state index in [9.17, 15) is 10.00 Å². The monoisotopic (exact) mass is 256 g/mol. The lowest BCUT2D eigenvalue weighted by Gasteiger charge is -2.18. The third-order valence-corrected chi connectivity index (χ3v) is 4.33. The minimum absolute atomic E-state index is 0.0353. The van der Waals surface area contributed by atoms with Crippen LogP contribution in [0.5, 0.6) is 0 Å². The van der Waals surface area contributed by atoms with Crippen molar-refractivity contribution in [3.05, 3.63) is 0 Å². The SMILES string of the molecule is COP(O)(=S)OC[C@H]1O[C@@H](C)[C@@H](O)[C@@H]1C. The maximum absolute atomic E-state index is 9.63. The van der Waals surface area contributed by atoms with E-state index in [0.29, 0.717) is 0 Å². The number of ether oxygens (including phenoxy) is 1. The Morgan fingerprint density at radius 1 is 1.47 bits per heavy atom. The largest absolute Gasteiger partial charge is 0.390 e. The highest BCUT2D eigenvalue weighted by Gasteiger charge is 2.38. The maximum Gasteiger partial charge on any atom is 0.324 e. The molecule has 5 nitrogen and oxygen atoms in total. The van der Waals surface area contributed by atoms with E-state index in [2.05, 4.69) is 16.3 Å². The van der Waals surface area contributed by atoms with Crippen molar-refractivity contribution < 1.29 is 23.8 Å². The molecule has 1 aliphatic heterocycles. The third-order valence-electron chi connectivity index (χ3n) is 2.63. The Balaban J connectivity index is 2.44. The normalized spacial score (nSPS) is 40.3. The molecule has 0 aromatic carbocycles. The molecule has 0 aromatic heterocycles. The standard InChI is InChI=1S/C8H17O5PS/c1-5-7(13-6(2)8(5)9)4-12-14(10,15)11-3/h5-9H,4H2,1-3H3,(H,10,15)/t5-,6+,7-,8+,14?/m1/s1. The Bertz CT molecular complexity index is 261. The van der Waals surface area contributed by atoms with Crippen LogP contribution in [0.2, 0.25) is 0 Å². The molecule has 1 heterocycles. The second-order valence-corrected chi connectivity index (χ2v) is 6.62. The Morgan fingerprint density at radius 3 is 2.47 bits per heavy atom. The molecule has 0 aromatic rings. The summed E-state index contributed by atoms with van der Waals surface area (Å²) in [7, 11) is 1.30. The van der Waals surface area contributed by atoms with Crippen LogP contribution < -0.4 is 0 Å². The molecular formula is C8H17O5PS. The molecule has 7 heteroatoms. The van der Waals surface area contributed by atoms with Crippen molar-refractivity contribution in [3.63, 3.8) is 0 Å². The van der Waals surface area contributed by atoms with Gasteiger partial charge in [0.05, 0.1) is 24.9 Å². The lowest BCUT2D eigenvalue weighted by Crippen LogP contribution is -2.25. The molecule has 0 spiro atoms. The predicted octanol–water partition coefficient (Wildman–Crippen LogP) is 0.650. The summed E-state index contributed by atoms with van der Waals surface area (Å²) < 4.78 is 15.1. The zero-order valence-electron chi connectivity index (χ0n) is 8.99. The Labute approximate surface area is 94.6 Å². The fourth-order valence-electron chi connectivity index (χ4n) is 1.54. The van der Waals surface area contributed by atoms with Gasteiger partial charge in [0.2, 0.25) is 0 Å². The molecule has 0 aliphatic carbocycles. The molecule has 0 radical (unpaired) electrons. The molecule has 5 atom stereocenters. The van der Waals surface area contributed by atoms with Gasteiger partial charge in [0, 0.05) is 13.0 Å². The van der Waals surface area contributed by atoms with Crippen LogP contribution >= 0.6 is 6.72 Å². The van der Waals surface area contributed by atoms with E-state index in [1.54, 1.807) is 6.92 Å². The summed E-state index contributed by atoms with van der Waals surface area (Å²) >= 11 is 4.68. The van der Waals surface area contributed by atoms with Crippen LogP contribution in [0.25, 0.3) is 0 Å². The summed E-state index contributed by atoms with van der Waals surface area (Å²) in [4.78, 5) is 9.37. The van der Waals surface area contributed by atoms with Crippen molar-refractivity contribution in [3.8, 4) is 0 Å². The molecule has 2 N–H and O–H groups in total. The van der Waals surface area contributed by atoms with Crippen LogP contribution in [0.1, 0.15) is 13.8 Å². The zero-order chi connectivity index (χ0) is 11.6. The minimum Gasteiger partial charge on any atom is -0.390 e. The van der Waals surface area contributed by atoms with Gasteiger partial charge in [-0.1, -0.05) is 6.92 Å². The first-order valence-corrected chi connectivity index (χ1v) is 7.33. The number of rotatable bonds is 4. The van der Waals surface area contributed by atoms with Crippen molar-refractivity contribution in [2.24, 2.45) is 5.92 Å². The quantitative estimate of drug-likeness (QED) is 0.720. The van der Waals surface area contributed by atoms with Gasteiger partial charge in [-0.25, -0.2) is 0 Å². The smallest absolute Gasteiger partial charge is 0.324 e. The fourth-order valence-corrected chi connectivity index (χ4v) is 2.16. The topological polar surface area (TPSA) is 68.2 Å². The first kappa shape index (κ1) is 13.5. The van der Waals surface area contributed by atoms with E-state index >= 15 is 0 Å². The average Bonchev–Trinajstić information content (AvgIpc) is 2.43. The molecule has 0 bridgehead atoms. The first-order chi connectivity index (χ1) is 6.87. The van der Waals surface area contributed by atoms with Crippen molar-refractivity contribution >= 4 is 18.5 Å². The van der Waals surface area contributed by atoms with E-state index in [4.69, 9.17) is 9.26 Å². The summed E-state index contributed by atoms with van der Waals surface area (Å²) in [5.41, 5.74) is 0. The Hall–Kier alpha value is 0.450. The lowest BCUT2D eigenvalue weighted by molar-refractivity contribution is 0.000420. The molecule has 1 fully saturated rings. The number of hydrogen-bond donors (Lipinski definition) is 2. The van der Waals surface area contributed by atoms with Crippen LogP contribution in [0, 0.1) is 5.92 Å². The number of aliphatic hydroxyl groups excluding tert-OH is 1. The lowest BCUT2D eigenvalue weighted by atomic mass is 10.00. The average molecular weight is 256 g/mol. The van der Waals surface area contributed by atoms with Crippen LogP contribution in [-0.2, 0) is 25.6 Å². The molecule has 1 saturated heterocycles. The molecule has 1 rings (SSSR count). The third kappa shape index (κ3) is 3.46. The fraction of sp³-hybridized carbons (Fsp3) is 1.00. The van der Waals surface area contributed by atoms with Gasteiger partial charge in [-0.2, -0.15) is 0 Å². The van der Waals surface area contributed by atoms with Crippen molar-refractivity contribution in [2.45, 2.75) is 32.2 Å². The highest BCUT2D eigenvalue weighted by Crippen LogP contribution is 2.43. The van der Waals surface area contributed by atoms with Gasteiger partial charge < -0.3 is 23.8 Å². The van der Waals surface area contributed by atoms with E-state index in [1.807, 2.05) is 6.92 Å². The van der Waals surface area contributed by atoms with Crippen LogP contribution in [0.15, 0.2) is 0 Å². The van der Waals surface area contributed by atoms with Crippen LogP contribution in [-0.4, -0.2) is 42.0 Å². The highest BCUT2D eigenvalue weighted by molar-refractivity contribution is 8.07. The predicted molar refractivity (Wildman–Crippen MR) is 59.0 cm³/mol. The molecular weight excluding hydrogens is 239 g/mol. The minimum atomic E-state index is -3.12. The molecule has 1 unspecified atom stereocenters. The maximum atomic E-state index is 9.63. The highest BCUT2D eigenvalue weighted by atomic mass is 32.5. The summed E-state index contributed by atoms with van der Waals surface area (Å²) in [6.45, 7) is 0.692. The Kier molecular flexibility index (Phi) is 4.67. The summed E-state index contributed by atoms with van der Waals surface area (Å²) in [6, 6.07) is 0. The zero-order valence-corrected chi connectivity index (χ0v) is 10.7. The van der Waals surface area contributed by atoms with Gasteiger partial charge in [-0.15, -0.1) is 0 Å². The molecule has 90 valence electrons. The van der Waals surface area contributed by atoms with Gasteiger partial charge in [-0.3, -0.25) is 0 Å². The van der Waals surface area contributed by atoms with E-state index in [1.165, 1.54) is 7.11 Å². The van der Waals surface area contributed by atoms with Gasteiger partial charge in [-0.05, 0) is 18.7 Å². The van der Waals surface area contributed by atoms with Gasteiger partial charge >= 0.3 is 6.72 Å². The number of hydrogen-bond acceptors (Lipinski definition) is 5. The first-order valence-electron chi connectivity index (χ1n) is 4.74. The van der Waals surface area contributed by atoms with E-state index in [-0.39, 0.29) is 24.7 Å². The van der Waals surface area contributed by atoms with Crippen molar-refractivity contribution in [1.82, 2.24) is 0 Å². The molecule has 15 heavy (non-hydrogen) atoms. The van der Waals surface area contributed by atoms with Gasteiger partial charge in [0.1, 0.15) is 0 Å². The second kappa shape index (κ2) is 5.19. The van der Waals surface area contributed by atoms with Gasteiger partial charge in [0.25, 0.3) is 0 Å². The second-order valence-electron chi connectivity index (χ2n) is 3.68. The van der Waals surface area contributed by atoms with Gasteiger partial charge in [0.15, 0.2) is 0 Å². The van der Waals surface area contributed by atoms with E-state index in [0.717, 1.165) is 0 Å². The molecule has 0 amide bonds. The molecule has 1 aliphatic rings. The summed E-state index contributed by atoms with van der Waals surface area (Å²) in [5.74, 6) is -0.0353. The Morgan fingerprint density at radius 2 is 2.07 bits per heavy atom. The van der Waals surface area contributed by atoms with E-state index < -0.39 is 12.8 Å². The summed E-state index contributed by atoms with van der Waals surface area (Å²) in [6.07, 6.45) is -0.968. The van der Waals surface area contributed by atoms with Crippen molar-refractivity contribution in [1.29, 1.82) is 0 Å². The van der Waals surface area contributed by atoms with Crippen molar-refractivity contribution in [2.75, 3.05) is 13.7 Å². The molecule has 0 saturated carbocycles. The van der Waals surface area contributed by atoms with Crippen LogP contribution in [0.3, 0.4) is 0 Å². The van der Waals surface area contributed by atoms with Crippen LogP contribution in [0.4, 0.5) is 0 Å². The number of aliphatic hydroxyl groups is 1.